The topological polar surface area (TPSA) is 133 Å². The molecule has 0 saturated carbocycles. The summed E-state index contributed by atoms with van der Waals surface area (Å²) in [5.41, 5.74) is 3.42. The van der Waals surface area contributed by atoms with Crippen molar-refractivity contribution in [2.24, 2.45) is 0 Å². The second-order valence-corrected chi connectivity index (χ2v) is 9.81. The molecule has 1 unspecified atom stereocenters. The molecule has 0 saturated heterocycles. The van der Waals surface area contributed by atoms with Gasteiger partial charge in [0.05, 0.1) is 30.4 Å². The Kier molecular flexibility index (Phi) is 7.69. The molecule has 1 aliphatic heterocycles. The zero-order valence-corrected chi connectivity index (χ0v) is 22.8. The summed E-state index contributed by atoms with van der Waals surface area (Å²) in [5.74, 6) is 1.94. The molecule has 5 rings (SSSR count). The van der Waals surface area contributed by atoms with Crippen LogP contribution in [0.25, 0.3) is 0 Å². The van der Waals surface area contributed by atoms with Gasteiger partial charge in [0.1, 0.15) is 17.5 Å². The fourth-order valence-corrected chi connectivity index (χ4v) is 5.17. The number of hydrogen-bond acceptors (Lipinski definition) is 9. The molecule has 204 valence electrons. The minimum absolute atomic E-state index is 0.0383. The quantitative estimate of drug-likeness (QED) is 0.157. The van der Waals surface area contributed by atoms with Gasteiger partial charge in [0, 0.05) is 23.6 Å². The number of ether oxygens (including phenoxy) is 2. The molecule has 40 heavy (non-hydrogen) atoms. The first-order valence-corrected chi connectivity index (χ1v) is 13.2. The highest BCUT2D eigenvalue weighted by atomic mass is 32.2. The highest BCUT2D eigenvalue weighted by molar-refractivity contribution is 7.98. The van der Waals surface area contributed by atoms with Gasteiger partial charge in [-0.25, -0.2) is 4.68 Å². The van der Waals surface area contributed by atoms with Gasteiger partial charge in [-0.15, -0.1) is 5.10 Å². The Morgan fingerprint density at radius 2 is 1.80 bits per heavy atom. The number of carbonyl (C=O) groups is 1. The molecule has 11 nitrogen and oxygen atoms in total. The largest absolute Gasteiger partial charge is 0.497 e. The molecule has 1 atom stereocenters. The van der Waals surface area contributed by atoms with Crippen molar-refractivity contribution in [3.8, 4) is 11.5 Å². The number of carbonyl (C=O) groups excluding carboxylic acids is 1. The number of nitrogens with zero attached hydrogens (tertiary/aromatic N) is 4. The summed E-state index contributed by atoms with van der Waals surface area (Å²) in [4.78, 5) is 28.9. The lowest BCUT2D eigenvalue weighted by Crippen LogP contribution is -2.31. The second kappa shape index (κ2) is 11.5. The van der Waals surface area contributed by atoms with Crippen molar-refractivity contribution in [2.45, 2.75) is 23.9 Å². The average molecular weight is 559 g/mol. The van der Waals surface area contributed by atoms with Crippen molar-refractivity contribution < 1.29 is 19.2 Å². The average Bonchev–Trinajstić information content (AvgIpc) is 3.38. The molecule has 1 aliphatic rings. The zero-order valence-electron chi connectivity index (χ0n) is 22.0. The molecule has 0 fully saturated rings. The van der Waals surface area contributed by atoms with Crippen LogP contribution in [0.5, 0.6) is 11.5 Å². The number of thioether (sulfide) groups is 1. The summed E-state index contributed by atoms with van der Waals surface area (Å²) in [6.45, 7) is 1.83. The van der Waals surface area contributed by atoms with E-state index in [0.29, 0.717) is 45.3 Å². The third-order valence-electron chi connectivity index (χ3n) is 6.38. The smallest absolute Gasteiger partial charge is 0.269 e. The Bertz CT molecular complexity index is 1580. The van der Waals surface area contributed by atoms with Crippen molar-refractivity contribution in [3.63, 3.8) is 0 Å². The number of anilines is 2. The molecule has 0 spiro atoms. The fourth-order valence-electron chi connectivity index (χ4n) is 4.38. The van der Waals surface area contributed by atoms with Crippen molar-refractivity contribution in [1.82, 2.24) is 14.8 Å². The number of methoxy groups -OCH3 is 2. The number of allylic oxidation sites excluding steroid dienone is 1. The molecule has 4 aromatic rings. The Hall–Kier alpha value is -4.84. The fraction of sp³-hybridized carbons (Fsp3) is 0.179. The predicted molar refractivity (Wildman–Crippen MR) is 152 cm³/mol. The molecule has 0 radical (unpaired) electrons. The maximum atomic E-state index is 13.8. The molecule has 1 amide bonds. The summed E-state index contributed by atoms with van der Waals surface area (Å²) < 4.78 is 12.4. The molecule has 2 N–H and O–H groups in total. The summed E-state index contributed by atoms with van der Waals surface area (Å²) >= 11 is 1.39. The highest BCUT2D eigenvalue weighted by Gasteiger charge is 2.34. The van der Waals surface area contributed by atoms with Crippen LogP contribution in [0.15, 0.2) is 89.2 Å². The van der Waals surface area contributed by atoms with Crippen molar-refractivity contribution in [2.75, 3.05) is 24.9 Å². The van der Waals surface area contributed by atoms with E-state index in [1.807, 2.05) is 43.3 Å². The standard InChI is InChI=1S/C28H26N6O5S/c1-17-24(26(35)30-22-6-4-5-7-23(22)39-3)25(19-10-14-21(38-2)15-11-19)33-27(29-17)31-28(32-33)40-16-18-8-12-20(13-9-18)34(36)37/h4-15,25H,16H2,1-3H3,(H,30,35)(H,29,31,32). The van der Waals surface area contributed by atoms with Crippen molar-refractivity contribution in [3.05, 3.63) is 105 Å². The van der Waals surface area contributed by atoms with Crippen molar-refractivity contribution >= 4 is 35.0 Å². The summed E-state index contributed by atoms with van der Waals surface area (Å²) in [5, 5.41) is 22.4. The lowest BCUT2D eigenvalue weighted by Gasteiger charge is -2.29. The number of hydrogen-bond donors (Lipinski definition) is 2. The zero-order chi connectivity index (χ0) is 28.2. The van der Waals surface area contributed by atoms with E-state index in [2.05, 4.69) is 15.6 Å². The maximum Gasteiger partial charge on any atom is 0.269 e. The van der Waals surface area contributed by atoms with Gasteiger partial charge in [-0.1, -0.05) is 48.2 Å². The van der Waals surface area contributed by atoms with E-state index in [0.717, 1.165) is 11.1 Å². The number of aromatic nitrogens is 3. The van der Waals surface area contributed by atoms with Gasteiger partial charge < -0.3 is 20.1 Å². The van der Waals surface area contributed by atoms with E-state index in [9.17, 15) is 14.9 Å². The van der Waals surface area contributed by atoms with Crippen LogP contribution in [0.4, 0.5) is 17.3 Å². The number of nitro groups is 1. The van der Waals surface area contributed by atoms with Crippen LogP contribution < -0.4 is 20.1 Å². The van der Waals surface area contributed by atoms with E-state index in [4.69, 9.17) is 14.6 Å². The Morgan fingerprint density at radius 3 is 2.48 bits per heavy atom. The number of fused-ring (bicyclic) bond motifs is 1. The number of nitro benzene ring substituents is 1. The van der Waals surface area contributed by atoms with Crippen LogP contribution in [-0.4, -0.2) is 39.8 Å². The molecule has 2 heterocycles. The number of benzene rings is 3. The number of rotatable bonds is 9. The lowest BCUT2D eigenvalue weighted by atomic mass is 9.95. The molecule has 0 bridgehead atoms. The minimum atomic E-state index is -0.571. The molecule has 1 aromatic heterocycles. The monoisotopic (exact) mass is 558 g/mol. The Labute approximate surface area is 234 Å². The molecular formula is C28H26N6O5S. The Morgan fingerprint density at radius 1 is 1.07 bits per heavy atom. The number of non-ortho nitro benzene ring substituents is 1. The van der Waals surface area contributed by atoms with Gasteiger partial charge in [-0.3, -0.25) is 14.9 Å². The summed E-state index contributed by atoms with van der Waals surface area (Å²) in [6.07, 6.45) is 0. The Balaban J connectivity index is 1.46. The lowest BCUT2D eigenvalue weighted by molar-refractivity contribution is -0.384. The van der Waals surface area contributed by atoms with Crippen LogP contribution in [0.2, 0.25) is 0 Å². The van der Waals surface area contributed by atoms with Gasteiger partial charge in [0.25, 0.3) is 11.6 Å². The van der Waals surface area contributed by atoms with E-state index in [1.54, 1.807) is 43.2 Å². The molecule has 12 heteroatoms. The first-order chi connectivity index (χ1) is 19.4. The van der Waals surface area contributed by atoms with Crippen LogP contribution >= 0.6 is 11.8 Å². The highest BCUT2D eigenvalue weighted by Crippen LogP contribution is 2.38. The second-order valence-electron chi connectivity index (χ2n) is 8.87. The van der Waals surface area contributed by atoms with E-state index in [1.165, 1.54) is 23.9 Å². The normalized spacial score (nSPS) is 14.2. The van der Waals surface area contributed by atoms with Gasteiger partial charge in [-0.2, -0.15) is 4.98 Å². The maximum absolute atomic E-state index is 13.8. The van der Waals surface area contributed by atoms with E-state index < -0.39 is 11.0 Å². The van der Waals surface area contributed by atoms with Crippen LogP contribution in [0.3, 0.4) is 0 Å². The molecule has 3 aromatic carbocycles. The van der Waals surface area contributed by atoms with Gasteiger partial charge in [0.2, 0.25) is 11.1 Å². The summed E-state index contributed by atoms with van der Waals surface area (Å²) in [7, 11) is 3.15. The first-order valence-electron chi connectivity index (χ1n) is 12.3. The van der Waals surface area contributed by atoms with Gasteiger partial charge in [0.15, 0.2) is 0 Å². The minimum Gasteiger partial charge on any atom is -0.497 e. The van der Waals surface area contributed by atoms with Crippen LogP contribution in [0.1, 0.15) is 24.1 Å². The summed E-state index contributed by atoms with van der Waals surface area (Å²) in [6, 6.07) is 20.5. The third-order valence-corrected chi connectivity index (χ3v) is 7.29. The van der Waals surface area contributed by atoms with E-state index in [-0.39, 0.29) is 11.6 Å². The first kappa shape index (κ1) is 26.8. The SMILES string of the molecule is COc1ccc(C2C(C(=O)Nc3ccccc3OC)=C(C)Nc3nc(SCc4ccc([N+](=O)[O-])cc4)nn32)cc1. The predicted octanol–water partition coefficient (Wildman–Crippen LogP) is 5.42. The van der Waals surface area contributed by atoms with Crippen LogP contribution in [-0.2, 0) is 10.5 Å². The van der Waals surface area contributed by atoms with Gasteiger partial charge >= 0.3 is 0 Å². The third kappa shape index (κ3) is 5.47. The number of nitrogens with one attached hydrogen (secondary N) is 2. The molecule has 0 aliphatic carbocycles. The van der Waals surface area contributed by atoms with E-state index >= 15 is 0 Å². The molecular weight excluding hydrogens is 532 g/mol. The van der Waals surface area contributed by atoms with Gasteiger partial charge in [-0.05, 0) is 42.3 Å². The number of para-hydroxylation sites is 2. The van der Waals surface area contributed by atoms with Crippen molar-refractivity contribution in [1.29, 1.82) is 0 Å². The number of amides is 1. The van der Waals surface area contributed by atoms with Crippen LogP contribution in [0, 0.1) is 10.1 Å².